The maximum atomic E-state index is 11.6. The molecule has 0 atom stereocenters. The molecule has 1 aromatic heterocycles. The van der Waals surface area contributed by atoms with Crippen LogP contribution in [-0.4, -0.2) is 28.9 Å². The van der Waals surface area contributed by atoms with Crippen LogP contribution in [0.15, 0.2) is 49.2 Å². The first kappa shape index (κ1) is 17.0. The predicted molar refractivity (Wildman–Crippen MR) is 95.5 cm³/mol. The fourth-order valence-electron chi connectivity index (χ4n) is 2.79. The van der Waals surface area contributed by atoms with Gasteiger partial charge in [-0.15, -0.1) is 0 Å². The van der Waals surface area contributed by atoms with E-state index in [1.54, 1.807) is 19.2 Å². The Morgan fingerprint density at radius 3 is 2.80 bits per heavy atom. The van der Waals surface area contributed by atoms with Crippen molar-refractivity contribution in [2.24, 2.45) is 0 Å². The van der Waals surface area contributed by atoms with E-state index in [2.05, 4.69) is 17.6 Å². The second-order valence-corrected chi connectivity index (χ2v) is 5.99. The van der Waals surface area contributed by atoms with Crippen LogP contribution in [0.25, 0.3) is 0 Å². The van der Waals surface area contributed by atoms with Crippen LogP contribution in [-0.2, 0) is 24.4 Å². The zero-order valence-corrected chi connectivity index (χ0v) is 14.4. The highest BCUT2D eigenvalue weighted by molar-refractivity contribution is 5.73. The molecule has 0 aliphatic carbocycles. The molecule has 0 saturated carbocycles. The second kappa shape index (κ2) is 7.83. The highest BCUT2D eigenvalue weighted by Crippen LogP contribution is 2.24. The molecule has 5 heteroatoms. The number of aromatic nitrogens is 1. The van der Waals surface area contributed by atoms with E-state index < -0.39 is 0 Å². The number of rotatable bonds is 6. The number of hydrogen-bond acceptors (Lipinski definition) is 4. The largest absolute Gasteiger partial charge is 0.488 e. The molecule has 25 heavy (non-hydrogen) atoms. The molecule has 1 aromatic carbocycles. The lowest BCUT2D eigenvalue weighted by molar-refractivity contribution is -0.129. The first-order chi connectivity index (χ1) is 12.2. The van der Waals surface area contributed by atoms with Gasteiger partial charge in [-0.1, -0.05) is 18.7 Å². The van der Waals surface area contributed by atoms with Crippen LogP contribution in [0.2, 0.25) is 0 Å². The third kappa shape index (κ3) is 4.38. The predicted octanol–water partition coefficient (Wildman–Crippen LogP) is 3.13. The Bertz CT molecular complexity index is 756. The highest BCUT2D eigenvalue weighted by atomic mass is 16.5. The summed E-state index contributed by atoms with van der Waals surface area (Å²) in [6, 6.07) is 9.83. The highest BCUT2D eigenvalue weighted by Gasteiger charge is 2.18. The van der Waals surface area contributed by atoms with E-state index in [9.17, 15) is 4.79 Å². The minimum absolute atomic E-state index is 0.111. The smallest absolute Gasteiger partial charge is 0.219 e. The van der Waals surface area contributed by atoms with Crippen molar-refractivity contribution in [1.82, 2.24) is 9.88 Å². The minimum Gasteiger partial charge on any atom is -0.488 e. The molecule has 0 bridgehead atoms. The van der Waals surface area contributed by atoms with E-state index in [1.165, 1.54) is 5.56 Å². The molecule has 5 nitrogen and oxygen atoms in total. The summed E-state index contributed by atoms with van der Waals surface area (Å²) in [5, 5.41) is 0. The van der Waals surface area contributed by atoms with Crippen LogP contribution >= 0.6 is 0 Å². The van der Waals surface area contributed by atoms with Gasteiger partial charge in [0.05, 0.1) is 11.9 Å². The lowest BCUT2D eigenvalue weighted by Gasteiger charge is -2.28. The Hall–Kier alpha value is -2.82. The summed E-state index contributed by atoms with van der Waals surface area (Å²) in [6.07, 6.45) is 4.27. The van der Waals surface area contributed by atoms with E-state index in [0.717, 1.165) is 30.0 Å². The number of benzene rings is 1. The second-order valence-electron chi connectivity index (χ2n) is 5.99. The Labute approximate surface area is 147 Å². The molecule has 1 aliphatic rings. The Balaban J connectivity index is 1.61. The van der Waals surface area contributed by atoms with Crippen molar-refractivity contribution in [1.29, 1.82) is 0 Å². The summed E-state index contributed by atoms with van der Waals surface area (Å²) >= 11 is 0. The quantitative estimate of drug-likeness (QED) is 0.760. The van der Waals surface area contributed by atoms with Crippen molar-refractivity contribution >= 4 is 5.91 Å². The molecule has 0 unspecified atom stereocenters. The number of hydrogen-bond donors (Lipinski definition) is 0. The van der Waals surface area contributed by atoms with Gasteiger partial charge < -0.3 is 14.4 Å². The van der Waals surface area contributed by atoms with Crippen LogP contribution in [0.4, 0.5) is 0 Å². The lowest BCUT2D eigenvalue weighted by Crippen LogP contribution is -2.34. The standard InChI is InChI=1S/C20H22N2O3/c1-3-10-24-20-7-5-18(21-12-20)14-25-19-6-4-16-8-9-22(15(2)23)13-17(16)11-19/h3-7,11-12H,1,8-10,13-14H2,2H3. The minimum atomic E-state index is 0.111. The van der Waals surface area contributed by atoms with Crippen molar-refractivity contribution in [2.45, 2.75) is 26.5 Å². The van der Waals surface area contributed by atoms with Gasteiger partial charge in [-0.2, -0.15) is 0 Å². The van der Waals surface area contributed by atoms with E-state index in [-0.39, 0.29) is 5.91 Å². The molecule has 0 fully saturated rings. The van der Waals surface area contributed by atoms with Gasteiger partial charge in [-0.05, 0) is 41.8 Å². The molecule has 1 aliphatic heterocycles. The van der Waals surface area contributed by atoms with Crippen molar-refractivity contribution in [3.05, 3.63) is 66.0 Å². The summed E-state index contributed by atoms with van der Waals surface area (Å²) in [7, 11) is 0. The Morgan fingerprint density at radius 2 is 2.08 bits per heavy atom. The number of amides is 1. The lowest BCUT2D eigenvalue weighted by atomic mass is 9.99. The molecule has 0 N–H and O–H groups in total. The number of pyridine rings is 1. The summed E-state index contributed by atoms with van der Waals surface area (Å²) in [4.78, 5) is 17.8. The summed E-state index contributed by atoms with van der Waals surface area (Å²) in [5.41, 5.74) is 3.26. The van der Waals surface area contributed by atoms with Gasteiger partial charge in [-0.3, -0.25) is 9.78 Å². The fourth-order valence-corrected chi connectivity index (χ4v) is 2.79. The molecule has 0 saturated heterocycles. The first-order valence-electron chi connectivity index (χ1n) is 8.34. The van der Waals surface area contributed by atoms with Crippen molar-refractivity contribution in [2.75, 3.05) is 13.2 Å². The number of carbonyl (C=O) groups is 1. The summed E-state index contributed by atoms with van der Waals surface area (Å²) in [5.74, 6) is 1.61. The van der Waals surface area contributed by atoms with Crippen LogP contribution in [0.1, 0.15) is 23.7 Å². The van der Waals surface area contributed by atoms with Gasteiger partial charge in [0.2, 0.25) is 5.91 Å². The molecular weight excluding hydrogens is 316 g/mol. The van der Waals surface area contributed by atoms with Gasteiger partial charge in [-0.25, -0.2) is 0 Å². The summed E-state index contributed by atoms with van der Waals surface area (Å²) < 4.78 is 11.3. The van der Waals surface area contributed by atoms with Gasteiger partial charge in [0.1, 0.15) is 24.7 Å². The molecule has 1 amide bonds. The fraction of sp³-hybridized carbons (Fsp3) is 0.300. The van der Waals surface area contributed by atoms with Crippen LogP contribution in [0.5, 0.6) is 11.5 Å². The van der Waals surface area contributed by atoms with E-state index >= 15 is 0 Å². The number of nitrogens with zero attached hydrogens (tertiary/aromatic N) is 2. The molecule has 0 spiro atoms. The zero-order valence-electron chi connectivity index (χ0n) is 14.4. The van der Waals surface area contributed by atoms with Gasteiger partial charge in [0, 0.05) is 20.0 Å². The van der Waals surface area contributed by atoms with Gasteiger partial charge >= 0.3 is 0 Å². The van der Waals surface area contributed by atoms with Crippen LogP contribution in [0, 0.1) is 0 Å². The van der Waals surface area contributed by atoms with E-state index in [1.807, 2.05) is 29.2 Å². The maximum absolute atomic E-state index is 11.6. The molecule has 130 valence electrons. The molecule has 2 aromatic rings. The monoisotopic (exact) mass is 338 g/mol. The van der Waals surface area contributed by atoms with Crippen LogP contribution in [0.3, 0.4) is 0 Å². The normalized spacial score (nSPS) is 13.1. The number of ether oxygens (including phenoxy) is 2. The van der Waals surface area contributed by atoms with Gasteiger partial charge in [0.15, 0.2) is 0 Å². The third-order valence-electron chi connectivity index (χ3n) is 4.19. The molecular formula is C20H22N2O3. The van der Waals surface area contributed by atoms with Crippen LogP contribution < -0.4 is 9.47 Å². The van der Waals surface area contributed by atoms with Gasteiger partial charge in [0.25, 0.3) is 0 Å². The number of fused-ring (bicyclic) bond motifs is 1. The Morgan fingerprint density at radius 1 is 1.24 bits per heavy atom. The van der Waals surface area contributed by atoms with Crippen molar-refractivity contribution < 1.29 is 14.3 Å². The Kier molecular flexibility index (Phi) is 5.33. The topological polar surface area (TPSA) is 51.7 Å². The SMILES string of the molecule is C=CCOc1ccc(COc2ccc3c(c2)CN(C(C)=O)CC3)nc1. The third-order valence-corrected chi connectivity index (χ3v) is 4.19. The summed E-state index contributed by atoms with van der Waals surface area (Å²) in [6.45, 7) is 7.51. The molecule has 0 radical (unpaired) electrons. The zero-order chi connectivity index (χ0) is 17.6. The first-order valence-corrected chi connectivity index (χ1v) is 8.34. The molecule has 2 heterocycles. The van der Waals surface area contributed by atoms with Crippen molar-refractivity contribution in [3.8, 4) is 11.5 Å². The van der Waals surface area contributed by atoms with E-state index in [0.29, 0.717) is 25.5 Å². The average molecular weight is 338 g/mol. The van der Waals surface area contributed by atoms with E-state index in [4.69, 9.17) is 9.47 Å². The number of carbonyl (C=O) groups excluding carboxylic acids is 1. The average Bonchev–Trinajstić information content (AvgIpc) is 2.64. The maximum Gasteiger partial charge on any atom is 0.219 e. The van der Waals surface area contributed by atoms with Crippen molar-refractivity contribution in [3.63, 3.8) is 0 Å². The molecule has 3 rings (SSSR count).